The average Bonchev–Trinajstić information content (AvgIpc) is 3.11. The molecule has 134 valence electrons. The molecule has 26 heavy (non-hydrogen) atoms. The molecule has 0 saturated carbocycles. The van der Waals surface area contributed by atoms with Crippen LogP contribution in [0.1, 0.15) is 11.3 Å². The number of amides is 1. The standard InChI is InChI=1S/C19H18ClN3O3/c1-13-10-15(20)2-4-17(13)22-19(24)14(12-21)11-16-3-5-18(26-16)23-6-8-25-9-7-23/h2-5,10-11H,6-9H2,1H3,(H,22,24)/b14-11+. The number of aryl methyl sites for hydroxylation is 1. The Hall–Kier alpha value is -2.75. The molecule has 7 heteroatoms. The number of carbonyl (C=O) groups excluding carboxylic acids is 1. The highest BCUT2D eigenvalue weighted by Crippen LogP contribution is 2.23. The molecule has 0 spiro atoms. The third kappa shape index (κ3) is 4.26. The molecule has 1 amide bonds. The highest BCUT2D eigenvalue weighted by molar-refractivity contribution is 6.30. The molecular weight excluding hydrogens is 354 g/mol. The van der Waals surface area contributed by atoms with Gasteiger partial charge in [0, 0.05) is 35.9 Å². The van der Waals surface area contributed by atoms with Crippen molar-refractivity contribution in [2.45, 2.75) is 6.92 Å². The number of hydrogen-bond acceptors (Lipinski definition) is 5. The largest absolute Gasteiger partial charge is 0.441 e. The van der Waals surface area contributed by atoms with E-state index in [1.807, 2.05) is 19.1 Å². The Morgan fingerprint density at radius 2 is 2.08 bits per heavy atom. The minimum atomic E-state index is -0.498. The predicted molar refractivity (Wildman–Crippen MR) is 100 cm³/mol. The molecule has 2 heterocycles. The molecule has 0 atom stereocenters. The first kappa shape index (κ1) is 18.1. The van der Waals surface area contributed by atoms with Gasteiger partial charge in [-0.15, -0.1) is 0 Å². The molecule has 1 N–H and O–H groups in total. The third-order valence-electron chi connectivity index (χ3n) is 4.02. The summed E-state index contributed by atoms with van der Waals surface area (Å²) in [5, 5.41) is 12.6. The Bertz CT molecular complexity index is 876. The van der Waals surface area contributed by atoms with Crippen LogP contribution in [0.15, 0.2) is 40.3 Å². The number of nitriles is 1. The van der Waals surface area contributed by atoms with E-state index in [1.165, 1.54) is 6.08 Å². The Morgan fingerprint density at radius 3 is 2.77 bits per heavy atom. The first-order valence-electron chi connectivity index (χ1n) is 8.18. The van der Waals surface area contributed by atoms with Gasteiger partial charge in [0.25, 0.3) is 5.91 Å². The van der Waals surface area contributed by atoms with E-state index >= 15 is 0 Å². The highest BCUT2D eigenvalue weighted by Gasteiger charge is 2.16. The molecule has 2 aromatic rings. The number of nitrogens with one attached hydrogen (secondary N) is 1. The lowest BCUT2D eigenvalue weighted by atomic mass is 10.1. The SMILES string of the molecule is Cc1cc(Cl)ccc1NC(=O)/C(C#N)=C/c1ccc(N2CCOCC2)o1. The van der Waals surface area contributed by atoms with Crippen molar-refractivity contribution in [3.8, 4) is 6.07 Å². The Labute approximate surface area is 156 Å². The molecule has 1 aliphatic rings. The van der Waals surface area contributed by atoms with Gasteiger partial charge in [0.05, 0.1) is 13.2 Å². The lowest BCUT2D eigenvalue weighted by Crippen LogP contribution is -2.35. The van der Waals surface area contributed by atoms with E-state index < -0.39 is 5.91 Å². The van der Waals surface area contributed by atoms with Gasteiger partial charge >= 0.3 is 0 Å². The predicted octanol–water partition coefficient (Wildman–Crippen LogP) is 3.62. The molecule has 1 fully saturated rings. The first-order chi connectivity index (χ1) is 12.6. The number of benzene rings is 1. The van der Waals surface area contributed by atoms with Crippen LogP contribution >= 0.6 is 11.6 Å². The van der Waals surface area contributed by atoms with Crippen molar-refractivity contribution in [1.82, 2.24) is 0 Å². The van der Waals surface area contributed by atoms with Crippen LogP contribution in [0.3, 0.4) is 0 Å². The van der Waals surface area contributed by atoms with Gasteiger partial charge in [-0.3, -0.25) is 4.79 Å². The zero-order valence-electron chi connectivity index (χ0n) is 14.3. The van der Waals surface area contributed by atoms with Crippen LogP contribution in [0.4, 0.5) is 11.6 Å². The average molecular weight is 372 g/mol. The number of anilines is 2. The topological polar surface area (TPSA) is 78.5 Å². The second kappa shape index (κ2) is 8.09. The lowest BCUT2D eigenvalue weighted by Gasteiger charge is -2.26. The van der Waals surface area contributed by atoms with E-state index in [0.29, 0.717) is 35.6 Å². The maximum Gasteiger partial charge on any atom is 0.266 e. The molecule has 1 saturated heterocycles. The summed E-state index contributed by atoms with van der Waals surface area (Å²) in [5.41, 5.74) is 1.38. The second-order valence-corrected chi connectivity index (χ2v) is 6.30. The molecule has 3 rings (SSSR count). The molecule has 0 aliphatic carbocycles. The number of furan rings is 1. The Balaban J connectivity index is 1.74. The van der Waals surface area contributed by atoms with Crippen molar-refractivity contribution in [1.29, 1.82) is 5.26 Å². The van der Waals surface area contributed by atoms with Crippen molar-refractivity contribution in [3.63, 3.8) is 0 Å². The molecule has 0 radical (unpaired) electrons. The van der Waals surface area contributed by atoms with Gasteiger partial charge in [-0.1, -0.05) is 11.6 Å². The zero-order valence-corrected chi connectivity index (χ0v) is 15.0. The van der Waals surface area contributed by atoms with Crippen LogP contribution in [0.25, 0.3) is 6.08 Å². The van der Waals surface area contributed by atoms with Crippen molar-refractivity contribution in [2.24, 2.45) is 0 Å². The monoisotopic (exact) mass is 371 g/mol. The van der Waals surface area contributed by atoms with E-state index in [-0.39, 0.29) is 5.57 Å². The zero-order chi connectivity index (χ0) is 18.5. The van der Waals surface area contributed by atoms with Gasteiger partial charge in [-0.2, -0.15) is 5.26 Å². The number of ether oxygens (including phenoxy) is 1. The molecular formula is C19H18ClN3O3. The van der Waals surface area contributed by atoms with Crippen LogP contribution in [0.5, 0.6) is 0 Å². The number of halogens is 1. The summed E-state index contributed by atoms with van der Waals surface area (Å²) in [6.45, 7) is 4.63. The van der Waals surface area contributed by atoms with Gasteiger partial charge in [-0.05, 0) is 36.8 Å². The van der Waals surface area contributed by atoms with Gasteiger partial charge in [-0.25, -0.2) is 0 Å². The van der Waals surface area contributed by atoms with E-state index in [9.17, 15) is 10.1 Å². The van der Waals surface area contributed by atoms with E-state index in [0.717, 1.165) is 18.7 Å². The summed E-state index contributed by atoms with van der Waals surface area (Å²) in [7, 11) is 0. The number of hydrogen-bond donors (Lipinski definition) is 1. The molecule has 6 nitrogen and oxygen atoms in total. The fourth-order valence-electron chi connectivity index (χ4n) is 2.62. The number of nitrogens with zero attached hydrogens (tertiary/aromatic N) is 2. The van der Waals surface area contributed by atoms with Crippen LogP contribution in [-0.4, -0.2) is 32.2 Å². The molecule has 1 aromatic carbocycles. The van der Waals surface area contributed by atoms with E-state index in [4.69, 9.17) is 20.8 Å². The molecule has 0 bridgehead atoms. The number of rotatable bonds is 4. The second-order valence-electron chi connectivity index (χ2n) is 5.86. The van der Waals surface area contributed by atoms with Gasteiger partial charge in [0.2, 0.25) is 0 Å². The van der Waals surface area contributed by atoms with Crippen LogP contribution in [-0.2, 0) is 9.53 Å². The van der Waals surface area contributed by atoms with Crippen molar-refractivity contribution >= 4 is 35.2 Å². The minimum Gasteiger partial charge on any atom is -0.441 e. The Kier molecular flexibility index (Phi) is 5.61. The van der Waals surface area contributed by atoms with Crippen molar-refractivity contribution < 1.29 is 13.9 Å². The summed E-state index contributed by atoms with van der Waals surface area (Å²) in [4.78, 5) is 14.4. The number of carbonyl (C=O) groups is 1. The van der Waals surface area contributed by atoms with Gasteiger partial charge < -0.3 is 19.4 Å². The number of morpholine rings is 1. The van der Waals surface area contributed by atoms with E-state index in [1.54, 1.807) is 24.3 Å². The van der Waals surface area contributed by atoms with Crippen molar-refractivity contribution in [2.75, 3.05) is 36.5 Å². The lowest BCUT2D eigenvalue weighted by molar-refractivity contribution is -0.112. The summed E-state index contributed by atoms with van der Waals surface area (Å²) in [6.07, 6.45) is 1.44. The molecule has 0 unspecified atom stereocenters. The smallest absolute Gasteiger partial charge is 0.266 e. The quantitative estimate of drug-likeness (QED) is 0.656. The summed E-state index contributed by atoms with van der Waals surface area (Å²) in [6, 6.07) is 10.6. The van der Waals surface area contributed by atoms with E-state index in [2.05, 4.69) is 10.2 Å². The fraction of sp³-hybridized carbons (Fsp3) is 0.263. The van der Waals surface area contributed by atoms with Gasteiger partial charge in [0.15, 0.2) is 5.88 Å². The third-order valence-corrected chi connectivity index (χ3v) is 4.26. The minimum absolute atomic E-state index is 0.0396. The van der Waals surface area contributed by atoms with Crippen LogP contribution in [0.2, 0.25) is 5.02 Å². The van der Waals surface area contributed by atoms with Crippen LogP contribution in [0, 0.1) is 18.3 Å². The first-order valence-corrected chi connectivity index (χ1v) is 8.56. The highest BCUT2D eigenvalue weighted by atomic mass is 35.5. The Morgan fingerprint density at radius 1 is 1.31 bits per heavy atom. The molecule has 1 aliphatic heterocycles. The summed E-state index contributed by atoms with van der Waals surface area (Å²) >= 11 is 5.92. The maximum absolute atomic E-state index is 12.4. The van der Waals surface area contributed by atoms with Gasteiger partial charge in [0.1, 0.15) is 17.4 Å². The fourth-order valence-corrected chi connectivity index (χ4v) is 2.85. The summed E-state index contributed by atoms with van der Waals surface area (Å²) < 4.78 is 11.1. The normalized spacial score (nSPS) is 14.8. The molecule has 1 aromatic heterocycles. The van der Waals surface area contributed by atoms with Crippen LogP contribution < -0.4 is 10.2 Å². The summed E-state index contributed by atoms with van der Waals surface area (Å²) in [5.74, 6) is 0.652. The maximum atomic E-state index is 12.4. The van der Waals surface area contributed by atoms with Crippen molar-refractivity contribution in [3.05, 3.63) is 52.3 Å².